The van der Waals surface area contributed by atoms with Crippen LogP contribution in [0.5, 0.6) is 0 Å². The molecule has 0 aliphatic carbocycles. The number of amides is 1. The number of piperazine rings is 1. The van der Waals surface area contributed by atoms with E-state index in [0.29, 0.717) is 77.8 Å². The van der Waals surface area contributed by atoms with Crippen LogP contribution in [0.2, 0.25) is 10.0 Å². The number of fused-ring (bicyclic) bond motifs is 1. The van der Waals surface area contributed by atoms with Crippen LogP contribution in [0.1, 0.15) is 21.5 Å². The molecule has 0 bridgehead atoms. The third kappa shape index (κ3) is 6.43. The molecule has 224 valence electrons. The lowest BCUT2D eigenvalue weighted by molar-refractivity contribution is -0.384. The number of rotatable bonds is 9. The zero-order valence-corrected chi connectivity index (χ0v) is 25.1. The van der Waals surface area contributed by atoms with Gasteiger partial charge in [-0.2, -0.15) is 9.97 Å². The van der Waals surface area contributed by atoms with Gasteiger partial charge in [-0.25, -0.2) is 4.98 Å². The van der Waals surface area contributed by atoms with E-state index in [-0.39, 0.29) is 11.6 Å². The maximum atomic E-state index is 13.2. The number of carbonyl (C=O) groups excluding carboxylic acids is 1. The molecule has 13 heteroatoms. The number of carbonyl (C=O) groups is 1. The first kappa shape index (κ1) is 29.3. The maximum Gasteiger partial charge on any atom is 0.269 e. The number of nitro benzene ring substituents is 1. The third-order valence-electron chi connectivity index (χ3n) is 7.51. The number of nitrogens with one attached hydrogen (secondary N) is 1. The smallest absolute Gasteiger partial charge is 0.269 e. The van der Waals surface area contributed by atoms with Crippen LogP contribution in [0.15, 0.2) is 79.1 Å². The van der Waals surface area contributed by atoms with Crippen molar-refractivity contribution >= 4 is 57.7 Å². The number of halogens is 2. The first-order valence-electron chi connectivity index (χ1n) is 14.1. The normalized spacial score (nSPS) is 13.3. The Morgan fingerprint density at radius 1 is 0.932 bits per heavy atom. The Kier molecular flexibility index (Phi) is 8.58. The van der Waals surface area contributed by atoms with Gasteiger partial charge in [0, 0.05) is 49.9 Å². The van der Waals surface area contributed by atoms with E-state index in [1.54, 1.807) is 41.6 Å². The molecule has 1 N–H and O–H groups in total. The second kappa shape index (κ2) is 12.9. The number of non-ortho nitro benzene ring substituents is 1. The topological polar surface area (TPSA) is 122 Å². The van der Waals surface area contributed by atoms with Crippen LogP contribution in [0.3, 0.4) is 0 Å². The molecule has 3 heterocycles. The van der Waals surface area contributed by atoms with Crippen molar-refractivity contribution in [3.63, 3.8) is 0 Å². The van der Waals surface area contributed by atoms with Gasteiger partial charge in [0.05, 0.1) is 28.4 Å². The van der Waals surface area contributed by atoms with Gasteiger partial charge in [0.2, 0.25) is 5.95 Å². The monoisotopic (exact) mass is 630 g/mol. The molecule has 0 radical (unpaired) electrons. The second-order valence-corrected chi connectivity index (χ2v) is 11.2. The van der Waals surface area contributed by atoms with Crippen LogP contribution >= 0.6 is 23.2 Å². The number of nitrogens with zero attached hydrogens (tertiary/aromatic N) is 7. The molecular formula is C31H28Cl2N8O3. The highest BCUT2D eigenvalue weighted by atomic mass is 35.5. The average molecular weight is 632 g/mol. The van der Waals surface area contributed by atoms with Gasteiger partial charge >= 0.3 is 0 Å². The lowest BCUT2D eigenvalue weighted by Crippen LogP contribution is -2.49. The van der Waals surface area contributed by atoms with Gasteiger partial charge in [0.1, 0.15) is 0 Å². The largest absolute Gasteiger partial charge is 0.368 e. The van der Waals surface area contributed by atoms with E-state index in [9.17, 15) is 14.9 Å². The van der Waals surface area contributed by atoms with E-state index in [1.165, 1.54) is 17.7 Å². The van der Waals surface area contributed by atoms with Crippen LogP contribution < -0.4 is 10.2 Å². The minimum Gasteiger partial charge on any atom is -0.368 e. The molecule has 1 aliphatic heterocycles. The summed E-state index contributed by atoms with van der Waals surface area (Å²) in [5, 5.41) is 15.3. The number of aromatic nitrogens is 4. The van der Waals surface area contributed by atoms with Gasteiger partial charge < -0.3 is 19.7 Å². The zero-order valence-electron chi connectivity index (χ0n) is 23.6. The highest BCUT2D eigenvalue weighted by Crippen LogP contribution is 2.26. The summed E-state index contributed by atoms with van der Waals surface area (Å²) in [6.45, 7) is 3.08. The summed E-state index contributed by atoms with van der Waals surface area (Å²) >= 11 is 12.3. The van der Waals surface area contributed by atoms with Gasteiger partial charge in [-0.15, -0.1) is 0 Å². The zero-order chi connectivity index (χ0) is 30.6. The van der Waals surface area contributed by atoms with Crippen molar-refractivity contribution in [2.75, 3.05) is 42.9 Å². The van der Waals surface area contributed by atoms with Crippen molar-refractivity contribution < 1.29 is 9.72 Å². The first-order valence-corrected chi connectivity index (χ1v) is 14.8. The average Bonchev–Trinajstić information content (AvgIpc) is 3.44. The standard InChI is InChI=1S/C31H28Cl2N8O3/c32-23-8-11-25(26(33)18-23)30(42)38-14-16-39(17-15-38)31-36-28(34-13-12-21-4-2-1-3-5-21)27-29(37-31)40(20-35-27)19-22-6-9-24(10-7-22)41(43)44/h1-11,18,20H,12-17,19H2,(H,34,36,37). The van der Waals surface area contributed by atoms with Crippen molar-refractivity contribution in [1.82, 2.24) is 24.4 Å². The molecule has 3 aromatic carbocycles. The maximum absolute atomic E-state index is 13.2. The molecule has 0 atom stereocenters. The van der Waals surface area contributed by atoms with E-state index in [0.717, 1.165) is 12.0 Å². The fourth-order valence-electron chi connectivity index (χ4n) is 5.15. The molecule has 6 rings (SSSR count). The molecule has 1 saturated heterocycles. The van der Waals surface area contributed by atoms with Crippen LogP contribution in [-0.2, 0) is 13.0 Å². The minimum atomic E-state index is -0.416. The lowest BCUT2D eigenvalue weighted by Gasteiger charge is -2.35. The molecule has 0 unspecified atom stereocenters. The Morgan fingerprint density at radius 2 is 1.68 bits per heavy atom. The number of hydrogen-bond acceptors (Lipinski definition) is 8. The molecule has 1 amide bonds. The van der Waals surface area contributed by atoms with Gasteiger partial charge in [0.25, 0.3) is 11.6 Å². The van der Waals surface area contributed by atoms with Crippen LogP contribution in [-0.4, -0.2) is 68.0 Å². The molecular weight excluding hydrogens is 603 g/mol. The Morgan fingerprint density at radius 3 is 2.39 bits per heavy atom. The van der Waals surface area contributed by atoms with Crippen molar-refractivity contribution in [3.8, 4) is 0 Å². The molecule has 1 aliphatic rings. The van der Waals surface area contributed by atoms with Gasteiger partial charge in [-0.1, -0.05) is 65.7 Å². The molecule has 1 fully saturated rings. The lowest BCUT2D eigenvalue weighted by atomic mass is 10.1. The van der Waals surface area contributed by atoms with Crippen LogP contribution in [0.25, 0.3) is 11.2 Å². The molecule has 2 aromatic heterocycles. The summed E-state index contributed by atoms with van der Waals surface area (Å²) in [6, 6.07) is 21.5. The Balaban J connectivity index is 1.24. The van der Waals surface area contributed by atoms with Crippen molar-refractivity contribution in [2.24, 2.45) is 0 Å². The minimum absolute atomic E-state index is 0.0368. The van der Waals surface area contributed by atoms with Crippen LogP contribution in [0, 0.1) is 10.1 Å². The Bertz CT molecular complexity index is 1810. The Hall–Kier alpha value is -4.74. The van der Waals surface area contributed by atoms with Gasteiger partial charge in [-0.3, -0.25) is 14.9 Å². The van der Waals surface area contributed by atoms with E-state index in [4.69, 9.17) is 33.2 Å². The fourth-order valence-corrected chi connectivity index (χ4v) is 5.63. The summed E-state index contributed by atoms with van der Waals surface area (Å²) in [7, 11) is 0. The highest BCUT2D eigenvalue weighted by Gasteiger charge is 2.26. The second-order valence-electron chi connectivity index (χ2n) is 10.4. The molecule has 5 aromatic rings. The van der Waals surface area contributed by atoms with Gasteiger partial charge in [0.15, 0.2) is 17.0 Å². The summed E-state index contributed by atoms with van der Waals surface area (Å²) in [4.78, 5) is 42.1. The summed E-state index contributed by atoms with van der Waals surface area (Å²) in [6.07, 6.45) is 2.51. The summed E-state index contributed by atoms with van der Waals surface area (Å²) in [5.74, 6) is 1.00. The predicted molar refractivity (Wildman–Crippen MR) is 171 cm³/mol. The number of anilines is 2. The predicted octanol–water partition coefficient (Wildman–Crippen LogP) is 5.71. The summed E-state index contributed by atoms with van der Waals surface area (Å²) in [5.41, 5.74) is 3.81. The van der Waals surface area contributed by atoms with Crippen molar-refractivity contribution in [3.05, 3.63) is 116 Å². The van der Waals surface area contributed by atoms with E-state index in [2.05, 4.69) is 27.3 Å². The SMILES string of the molecule is O=C(c1ccc(Cl)cc1Cl)N1CCN(c2nc(NCCc3ccccc3)c3ncn(Cc4ccc([N+](=O)[O-])cc4)c3n2)CC1. The van der Waals surface area contributed by atoms with Crippen molar-refractivity contribution in [2.45, 2.75) is 13.0 Å². The van der Waals surface area contributed by atoms with E-state index in [1.807, 2.05) is 22.8 Å². The fraction of sp³-hybridized carbons (Fsp3) is 0.226. The number of hydrogen-bond donors (Lipinski definition) is 1. The summed E-state index contributed by atoms with van der Waals surface area (Å²) < 4.78 is 1.91. The van der Waals surface area contributed by atoms with Gasteiger partial charge in [-0.05, 0) is 35.7 Å². The quantitative estimate of drug-likeness (QED) is 0.162. The number of nitro groups is 1. The van der Waals surface area contributed by atoms with Crippen LogP contribution in [0.4, 0.5) is 17.5 Å². The third-order valence-corrected chi connectivity index (χ3v) is 8.06. The first-order chi connectivity index (χ1) is 21.4. The van der Waals surface area contributed by atoms with Crippen molar-refractivity contribution in [1.29, 1.82) is 0 Å². The molecule has 11 nitrogen and oxygen atoms in total. The molecule has 0 spiro atoms. The molecule has 0 saturated carbocycles. The number of imidazole rings is 1. The van der Waals surface area contributed by atoms with E-state index < -0.39 is 4.92 Å². The Labute approximate surface area is 263 Å². The molecule has 44 heavy (non-hydrogen) atoms. The van der Waals surface area contributed by atoms with E-state index >= 15 is 0 Å². The number of benzene rings is 3. The highest BCUT2D eigenvalue weighted by molar-refractivity contribution is 6.36.